The second-order valence-corrected chi connectivity index (χ2v) is 7.44. The number of benzene rings is 1. The zero-order valence-electron chi connectivity index (χ0n) is 17.0. The number of likely N-dealkylation sites (N-methyl/N-ethyl adjacent to an activating group) is 1. The van der Waals surface area contributed by atoms with Crippen molar-refractivity contribution in [3.05, 3.63) is 48.9 Å². The summed E-state index contributed by atoms with van der Waals surface area (Å²) in [7, 11) is 3.79. The third-order valence-corrected chi connectivity index (χ3v) is 5.55. The Labute approximate surface area is 174 Å². The van der Waals surface area contributed by atoms with Gasteiger partial charge in [0.25, 0.3) is 0 Å². The van der Waals surface area contributed by atoms with Crippen LogP contribution in [0.5, 0.6) is 5.75 Å². The minimum atomic E-state index is 0.559. The van der Waals surface area contributed by atoms with Crippen LogP contribution in [0.3, 0.4) is 0 Å². The van der Waals surface area contributed by atoms with Crippen molar-refractivity contribution in [1.29, 1.82) is 0 Å². The number of hydrogen-bond acceptors (Lipinski definition) is 7. The molecule has 8 heteroatoms. The molecule has 1 N–H and O–H groups in total. The van der Waals surface area contributed by atoms with E-state index in [1.54, 1.807) is 31.8 Å². The molecule has 1 aliphatic rings. The number of aromatic amines is 1. The van der Waals surface area contributed by atoms with Crippen LogP contribution in [0, 0.1) is 0 Å². The number of aromatic nitrogens is 5. The smallest absolute Gasteiger partial charge is 0.165 e. The van der Waals surface area contributed by atoms with Gasteiger partial charge in [-0.15, -0.1) is 0 Å². The fraction of sp³-hybridized carbons (Fsp3) is 0.273. The van der Waals surface area contributed by atoms with Crippen molar-refractivity contribution in [3.8, 4) is 28.4 Å². The first-order valence-corrected chi connectivity index (χ1v) is 9.96. The molecule has 0 unspecified atom stereocenters. The van der Waals surface area contributed by atoms with E-state index >= 15 is 0 Å². The minimum Gasteiger partial charge on any atom is -0.496 e. The van der Waals surface area contributed by atoms with E-state index in [1.165, 1.54) is 5.69 Å². The number of fused-ring (bicyclic) bond motifs is 1. The fourth-order valence-corrected chi connectivity index (χ4v) is 3.77. The quantitative estimate of drug-likeness (QED) is 0.563. The number of nitrogens with zero attached hydrogens (tertiary/aromatic N) is 6. The highest BCUT2D eigenvalue weighted by Gasteiger charge is 2.17. The lowest BCUT2D eigenvalue weighted by atomic mass is 10.1. The lowest BCUT2D eigenvalue weighted by Gasteiger charge is -2.34. The van der Waals surface area contributed by atoms with Gasteiger partial charge in [0.2, 0.25) is 0 Å². The van der Waals surface area contributed by atoms with E-state index in [-0.39, 0.29) is 0 Å². The third-order valence-electron chi connectivity index (χ3n) is 5.55. The lowest BCUT2D eigenvalue weighted by molar-refractivity contribution is 0.313. The van der Waals surface area contributed by atoms with Crippen molar-refractivity contribution < 1.29 is 4.74 Å². The number of piperazine rings is 1. The van der Waals surface area contributed by atoms with Crippen molar-refractivity contribution in [2.75, 3.05) is 45.2 Å². The monoisotopic (exact) mass is 401 g/mol. The lowest BCUT2D eigenvalue weighted by Crippen LogP contribution is -2.44. The average molecular weight is 401 g/mol. The Balaban J connectivity index is 1.49. The second kappa shape index (κ2) is 7.72. The molecule has 3 aromatic heterocycles. The summed E-state index contributed by atoms with van der Waals surface area (Å²) in [6.07, 6.45) is 5.15. The van der Waals surface area contributed by atoms with Gasteiger partial charge in [-0.3, -0.25) is 10.1 Å². The summed E-state index contributed by atoms with van der Waals surface area (Å²) >= 11 is 0. The van der Waals surface area contributed by atoms with Crippen LogP contribution in [0.1, 0.15) is 0 Å². The SMILES string of the molecule is COc1ccncc1-c1ncc2[nH]nc(-c3ccc(N4CCN(C)CC4)cc3)c2n1. The Kier molecular flexibility index (Phi) is 4.76. The highest BCUT2D eigenvalue weighted by Crippen LogP contribution is 2.30. The number of nitrogens with one attached hydrogen (secondary N) is 1. The molecule has 152 valence electrons. The van der Waals surface area contributed by atoms with Gasteiger partial charge in [0.05, 0.1) is 18.9 Å². The molecule has 0 aliphatic carbocycles. The Morgan fingerprint density at radius 1 is 1.00 bits per heavy atom. The van der Waals surface area contributed by atoms with Crippen LogP contribution in [-0.4, -0.2) is 70.4 Å². The van der Waals surface area contributed by atoms with Crippen LogP contribution < -0.4 is 9.64 Å². The van der Waals surface area contributed by atoms with Gasteiger partial charge < -0.3 is 14.5 Å². The predicted octanol–water partition coefficient (Wildman–Crippen LogP) is 2.84. The standard InChI is InChI=1S/C22H23N7O/c1-28-9-11-29(12-10-28)16-5-3-15(4-6-16)20-21-18(26-27-20)14-24-22(25-21)17-13-23-8-7-19(17)30-2/h3-8,13-14H,9-12H2,1-2H3,(H,26,27). The summed E-state index contributed by atoms with van der Waals surface area (Å²) in [4.78, 5) is 18.2. The van der Waals surface area contributed by atoms with E-state index in [1.807, 2.05) is 0 Å². The number of methoxy groups -OCH3 is 1. The molecule has 4 aromatic rings. The Hall–Kier alpha value is -3.52. The van der Waals surface area contributed by atoms with E-state index in [0.29, 0.717) is 11.6 Å². The first-order valence-electron chi connectivity index (χ1n) is 9.96. The van der Waals surface area contributed by atoms with Gasteiger partial charge >= 0.3 is 0 Å². The molecule has 0 spiro atoms. The Morgan fingerprint density at radius 2 is 1.80 bits per heavy atom. The molecular formula is C22H23N7O. The van der Waals surface area contributed by atoms with Gasteiger partial charge in [0.15, 0.2) is 5.82 Å². The van der Waals surface area contributed by atoms with Gasteiger partial charge in [-0.05, 0) is 25.2 Å². The summed E-state index contributed by atoms with van der Waals surface area (Å²) in [5, 5.41) is 7.54. The molecule has 1 saturated heterocycles. The van der Waals surface area contributed by atoms with Crippen LogP contribution in [0.25, 0.3) is 33.7 Å². The van der Waals surface area contributed by atoms with Gasteiger partial charge in [0, 0.05) is 49.8 Å². The zero-order chi connectivity index (χ0) is 20.5. The van der Waals surface area contributed by atoms with Gasteiger partial charge in [0.1, 0.15) is 22.5 Å². The summed E-state index contributed by atoms with van der Waals surface area (Å²) in [5.41, 5.74) is 5.38. The van der Waals surface area contributed by atoms with E-state index < -0.39 is 0 Å². The van der Waals surface area contributed by atoms with Crippen molar-refractivity contribution in [1.82, 2.24) is 30.0 Å². The molecule has 0 bridgehead atoms. The van der Waals surface area contributed by atoms with E-state index in [0.717, 1.165) is 54.0 Å². The number of hydrogen-bond donors (Lipinski definition) is 1. The Morgan fingerprint density at radius 3 is 2.57 bits per heavy atom. The maximum absolute atomic E-state index is 5.43. The van der Waals surface area contributed by atoms with Crippen LogP contribution in [0.15, 0.2) is 48.9 Å². The van der Waals surface area contributed by atoms with Crippen molar-refractivity contribution in [3.63, 3.8) is 0 Å². The topological polar surface area (TPSA) is 83.1 Å². The molecule has 4 heterocycles. The fourth-order valence-electron chi connectivity index (χ4n) is 3.77. The van der Waals surface area contributed by atoms with Crippen molar-refractivity contribution >= 4 is 16.7 Å². The largest absolute Gasteiger partial charge is 0.496 e. The van der Waals surface area contributed by atoms with E-state index in [9.17, 15) is 0 Å². The number of H-pyrrole nitrogens is 1. The molecule has 5 rings (SSSR count). The number of rotatable bonds is 4. The van der Waals surface area contributed by atoms with Gasteiger partial charge in [-0.25, -0.2) is 9.97 Å². The normalized spacial score (nSPS) is 14.9. The molecule has 8 nitrogen and oxygen atoms in total. The van der Waals surface area contributed by atoms with Crippen molar-refractivity contribution in [2.24, 2.45) is 0 Å². The van der Waals surface area contributed by atoms with Crippen LogP contribution in [-0.2, 0) is 0 Å². The maximum atomic E-state index is 5.43. The highest BCUT2D eigenvalue weighted by molar-refractivity contribution is 5.90. The summed E-state index contributed by atoms with van der Waals surface area (Å²) < 4.78 is 5.43. The molecule has 0 radical (unpaired) electrons. The molecule has 30 heavy (non-hydrogen) atoms. The summed E-state index contributed by atoms with van der Waals surface area (Å²) in [6, 6.07) is 10.3. The van der Waals surface area contributed by atoms with E-state index in [2.05, 4.69) is 61.3 Å². The van der Waals surface area contributed by atoms with Crippen LogP contribution >= 0.6 is 0 Å². The number of pyridine rings is 1. The molecule has 0 saturated carbocycles. The minimum absolute atomic E-state index is 0.559. The molecule has 1 aromatic carbocycles. The first-order chi connectivity index (χ1) is 14.7. The third kappa shape index (κ3) is 3.35. The van der Waals surface area contributed by atoms with Crippen molar-refractivity contribution in [2.45, 2.75) is 0 Å². The van der Waals surface area contributed by atoms with Crippen LogP contribution in [0.4, 0.5) is 5.69 Å². The molecule has 0 amide bonds. The molecular weight excluding hydrogens is 378 g/mol. The van der Waals surface area contributed by atoms with Gasteiger partial charge in [-0.1, -0.05) is 12.1 Å². The Bertz CT molecular complexity index is 1160. The van der Waals surface area contributed by atoms with E-state index in [4.69, 9.17) is 9.72 Å². The maximum Gasteiger partial charge on any atom is 0.165 e. The number of anilines is 1. The summed E-state index contributed by atoms with van der Waals surface area (Å²) in [6.45, 7) is 4.27. The second-order valence-electron chi connectivity index (χ2n) is 7.44. The predicted molar refractivity (Wildman–Crippen MR) is 117 cm³/mol. The molecule has 1 fully saturated rings. The average Bonchev–Trinajstić information content (AvgIpc) is 3.23. The number of ether oxygens (including phenoxy) is 1. The summed E-state index contributed by atoms with van der Waals surface area (Å²) in [5.74, 6) is 1.25. The van der Waals surface area contributed by atoms with Gasteiger partial charge in [-0.2, -0.15) is 5.10 Å². The van der Waals surface area contributed by atoms with Crippen LogP contribution in [0.2, 0.25) is 0 Å². The zero-order valence-corrected chi connectivity index (χ0v) is 17.0. The molecule has 1 aliphatic heterocycles. The molecule has 0 atom stereocenters. The first kappa shape index (κ1) is 18.5. The highest BCUT2D eigenvalue weighted by atomic mass is 16.5.